The standard InChI is InChI=1S/C16H17NS2/c1-18-16-10-6-5-7-14(16)13-17-11-12-19-15-8-3-2-4-9-15/h2-10,13H,11-12H2,1H3. The Bertz CT molecular complexity index is 523. The molecule has 0 amide bonds. The van der Waals surface area contributed by atoms with Gasteiger partial charge in [-0.3, -0.25) is 4.99 Å². The molecule has 2 rings (SSSR count). The third kappa shape index (κ3) is 4.77. The zero-order chi connectivity index (χ0) is 13.3. The minimum Gasteiger partial charge on any atom is -0.292 e. The van der Waals surface area contributed by atoms with E-state index in [-0.39, 0.29) is 0 Å². The highest BCUT2D eigenvalue weighted by Gasteiger charge is 1.96. The van der Waals surface area contributed by atoms with Crippen LogP contribution in [0.1, 0.15) is 5.56 Å². The Morgan fingerprint density at radius 1 is 1.00 bits per heavy atom. The van der Waals surface area contributed by atoms with E-state index in [1.54, 1.807) is 11.8 Å². The second-order valence-corrected chi connectivity index (χ2v) is 5.96. The van der Waals surface area contributed by atoms with Gasteiger partial charge in [0.2, 0.25) is 0 Å². The first-order valence-corrected chi connectivity index (χ1v) is 8.42. The summed E-state index contributed by atoms with van der Waals surface area (Å²) >= 11 is 3.61. The highest BCUT2D eigenvalue weighted by atomic mass is 32.2. The summed E-state index contributed by atoms with van der Waals surface area (Å²) in [5.74, 6) is 1.02. The molecule has 98 valence electrons. The molecule has 0 heterocycles. The summed E-state index contributed by atoms with van der Waals surface area (Å²) in [5, 5.41) is 0. The minimum atomic E-state index is 0.849. The first kappa shape index (κ1) is 14.2. The smallest absolute Gasteiger partial charge is 0.0483 e. The van der Waals surface area contributed by atoms with Crippen LogP contribution < -0.4 is 0 Å². The summed E-state index contributed by atoms with van der Waals surface area (Å²) in [5.41, 5.74) is 1.21. The lowest BCUT2D eigenvalue weighted by molar-refractivity contribution is 1.15. The van der Waals surface area contributed by atoms with Gasteiger partial charge in [0.1, 0.15) is 0 Å². The Balaban J connectivity index is 1.81. The van der Waals surface area contributed by atoms with Crippen LogP contribution in [-0.4, -0.2) is 24.8 Å². The second kappa shape index (κ2) is 8.08. The molecule has 0 atom stereocenters. The molecular weight excluding hydrogens is 270 g/mol. The molecule has 1 nitrogen and oxygen atoms in total. The van der Waals surface area contributed by atoms with Crippen LogP contribution in [0.3, 0.4) is 0 Å². The van der Waals surface area contributed by atoms with Crippen molar-refractivity contribution in [1.29, 1.82) is 0 Å². The van der Waals surface area contributed by atoms with Crippen LogP contribution in [0.4, 0.5) is 0 Å². The number of thioether (sulfide) groups is 2. The molecule has 0 spiro atoms. The molecule has 0 aliphatic heterocycles. The van der Waals surface area contributed by atoms with Gasteiger partial charge in [-0.2, -0.15) is 0 Å². The van der Waals surface area contributed by atoms with E-state index in [0.717, 1.165) is 12.3 Å². The lowest BCUT2D eigenvalue weighted by Gasteiger charge is -2.01. The monoisotopic (exact) mass is 287 g/mol. The Kier molecular flexibility index (Phi) is 6.05. The zero-order valence-corrected chi connectivity index (χ0v) is 12.6. The normalized spacial score (nSPS) is 11.0. The molecule has 2 aromatic carbocycles. The summed E-state index contributed by atoms with van der Waals surface area (Å²) in [4.78, 5) is 7.09. The van der Waals surface area contributed by atoms with Crippen molar-refractivity contribution < 1.29 is 0 Å². The van der Waals surface area contributed by atoms with E-state index >= 15 is 0 Å². The average molecular weight is 287 g/mol. The van der Waals surface area contributed by atoms with Gasteiger partial charge in [-0.25, -0.2) is 0 Å². The number of hydrogen-bond donors (Lipinski definition) is 0. The van der Waals surface area contributed by atoms with E-state index in [2.05, 4.69) is 59.8 Å². The van der Waals surface area contributed by atoms with Crippen LogP contribution in [0.25, 0.3) is 0 Å². The summed E-state index contributed by atoms with van der Waals surface area (Å²) in [7, 11) is 0. The van der Waals surface area contributed by atoms with Gasteiger partial charge in [0, 0.05) is 33.9 Å². The van der Waals surface area contributed by atoms with Crippen molar-refractivity contribution in [1.82, 2.24) is 0 Å². The summed E-state index contributed by atoms with van der Waals surface area (Å²) < 4.78 is 0. The zero-order valence-electron chi connectivity index (χ0n) is 11.0. The second-order valence-electron chi connectivity index (χ2n) is 3.94. The van der Waals surface area contributed by atoms with Gasteiger partial charge in [0.05, 0.1) is 0 Å². The molecule has 0 unspecified atom stereocenters. The quantitative estimate of drug-likeness (QED) is 0.436. The number of rotatable bonds is 6. The van der Waals surface area contributed by atoms with Crippen molar-refractivity contribution in [2.45, 2.75) is 9.79 Å². The Hall–Kier alpha value is -1.19. The van der Waals surface area contributed by atoms with E-state index in [4.69, 9.17) is 0 Å². The van der Waals surface area contributed by atoms with Gasteiger partial charge in [-0.05, 0) is 24.5 Å². The lowest BCUT2D eigenvalue weighted by Crippen LogP contribution is -1.89. The predicted octanol–water partition coefficient (Wildman–Crippen LogP) is 4.62. The molecule has 2 aromatic rings. The van der Waals surface area contributed by atoms with Crippen molar-refractivity contribution in [3.05, 3.63) is 60.2 Å². The van der Waals surface area contributed by atoms with Crippen LogP contribution in [0.15, 0.2) is 69.4 Å². The highest BCUT2D eigenvalue weighted by Crippen LogP contribution is 2.18. The lowest BCUT2D eigenvalue weighted by atomic mass is 10.2. The van der Waals surface area contributed by atoms with Gasteiger partial charge in [0.25, 0.3) is 0 Å². The van der Waals surface area contributed by atoms with Crippen molar-refractivity contribution >= 4 is 29.7 Å². The van der Waals surface area contributed by atoms with Gasteiger partial charge >= 0.3 is 0 Å². The van der Waals surface area contributed by atoms with Gasteiger partial charge in [-0.1, -0.05) is 36.4 Å². The molecule has 3 heteroatoms. The van der Waals surface area contributed by atoms with Crippen molar-refractivity contribution in [3.63, 3.8) is 0 Å². The van der Waals surface area contributed by atoms with E-state index in [9.17, 15) is 0 Å². The fourth-order valence-electron chi connectivity index (χ4n) is 1.67. The molecule has 19 heavy (non-hydrogen) atoms. The minimum absolute atomic E-state index is 0.849. The molecule has 0 saturated heterocycles. The highest BCUT2D eigenvalue weighted by molar-refractivity contribution is 7.99. The Morgan fingerprint density at radius 3 is 2.53 bits per heavy atom. The first-order chi connectivity index (χ1) is 9.40. The Morgan fingerprint density at radius 2 is 1.74 bits per heavy atom. The average Bonchev–Trinajstić information content (AvgIpc) is 2.48. The largest absolute Gasteiger partial charge is 0.292 e. The van der Waals surface area contributed by atoms with Crippen molar-refractivity contribution in [2.24, 2.45) is 4.99 Å². The van der Waals surface area contributed by atoms with Gasteiger partial charge in [0.15, 0.2) is 0 Å². The van der Waals surface area contributed by atoms with E-state index in [1.165, 1.54) is 15.4 Å². The summed E-state index contributed by atoms with van der Waals surface area (Å²) in [6, 6.07) is 18.8. The number of aliphatic imine (C=N–C) groups is 1. The molecule has 0 aliphatic carbocycles. The van der Waals surface area contributed by atoms with Crippen molar-refractivity contribution in [2.75, 3.05) is 18.6 Å². The Labute approximate surface area is 123 Å². The molecule has 0 N–H and O–H groups in total. The van der Waals surface area contributed by atoms with E-state index < -0.39 is 0 Å². The number of nitrogens with zero attached hydrogens (tertiary/aromatic N) is 1. The van der Waals surface area contributed by atoms with Crippen LogP contribution in [0.2, 0.25) is 0 Å². The van der Waals surface area contributed by atoms with E-state index in [0.29, 0.717) is 0 Å². The molecule has 0 aromatic heterocycles. The maximum absolute atomic E-state index is 4.51. The van der Waals surface area contributed by atoms with Crippen LogP contribution in [-0.2, 0) is 0 Å². The molecule has 0 fully saturated rings. The summed E-state index contributed by atoms with van der Waals surface area (Å²) in [6.45, 7) is 0.849. The molecule has 0 radical (unpaired) electrons. The molecule has 0 saturated carbocycles. The topological polar surface area (TPSA) is 12.4 Å². The predicted molar refractivity (Wildman–Crippen MR) is 87.9 cm³/mol. The van der Waals surface area contributed by atoms with Crippen LogP contribution in [0, 0.1) is 0 Å². The number of hydrogen-bond acceptors (Lipinski definition) is 3. The fraction of sp³-hybridized carbons (Fsp3) is 0.188. The van der Waals surface area contributed by atoms with Gasteiger partial charge in [-0.15, -0.1) is 23.5 Å². The van der Waals surface area contributed by atoms with Crippen LogP contribution >= 0.6 is 23.5 Å². The van der Waals surface area contributed by atoms with Gasteiger partial charge < -0.3 is 0 Å². The molecule has 0 bridgehead atoms. The summed E-state index contributed by atoms with van der Waals surface area (Å²) in [6.07, 6.45) is 4.08. The first-order valence-electron chi connectivity index (χ1n) is 6.21. The fourth-order valence-corrected chi connectivity index (χ4v) is 3.02. The molecular formula is C16H17NS2. The maximum Gasteiger partial charge on any atom is 0.0483 e. The van der Waals surface area contributed by atoms with Crippen LogP contribution in [0.5, 0.6) is 0 Å². The molecule has 0 aliphatic rings. The van der Waals surface area contributed by atoms with Crippen molar-refractivity contribution in [3.8, 4) is 0 Å². The SMILES string of the molecule is CSc1ccccc1C=NCCSc1ccccc1. The van der Waals surface area contributed by atoms with E-state index in [1.807, 2.05) is 24.0 Å². The number of benzene rings is 2. The third-order valence-corrected chi connectivity index (χ3v) is 4.41. The third-order valence-electron chi connectivity index (χ3n) is 2.60. The maximum atomic E-state index is 4.51.